The van der Waals surface area contributed by atoms with Gasteiger partial charge in [0.05, 0.1) is 12.7 Å². The second kappa shape index (κ2) is 14.8. The second-order valence-corrected chi connectivity index (χ2v) is 6.54. The molecular formula is C18H37NO5. The fraction of sp³-hybridized carbons (Fsp3) is 0.889. The Labute approximate surface area is 146 Å². The molecule has 0 heterocycles. The highest BCUT2D eigenvalue weighted by atomic mass is 16.4. The first-order chi connectivity index (χ1) is 11.4. The molecule has 0 amide bonds. The maximum Gasteiger partial charge on any atom is 0.111 e. The Bertz CT molecular complexity index is 314. The van der Waals surface area contributed by atoms with Crippen molar-refractivity contribution in [1.29, 1.82) is 0 Å². The molecule has 0 bridgehead atoms. The smallest absolute Gasteiger partial charge is 0.111 e. The van der Waals surface area contributed by atoms with Gasteiger partial charge in [0.25, 0.3) is 0 Å². The Balaban J connectivity index is 3.72. The van der Waals surface area contributed by atoms with Gasteiger partial charge in [0, 0.05) is 6.54 Å². The monoisotopic (exact) mass is 347 g/mol. The maximum atomic E-state index is 9.90. The fourth-order valence-corrected chi connectivity index (χ4v) is 2.60. The van der Waals surface area contributed by atoms with Gasteiger partial charge in [-0.05, 0) is 39.8 Å². The molecule has 0 aliphatic carbocycles. The first-order valence-corrected chi connectivity index (χ1v) is 9.06. The molecule has 0 fully saturated rings. The van der Waals surface area contributed by atoms with Crippen molar-refractivity contribution in [3.8, 4) is 0 Å². The minimum Gasteiger partial charge on any atom is -0.394 e. The normalized spacial score (nSPS) is 17.3. The second-order valence-electron chi connectivity index (χ2n) is 6.54. The Morgan fingerprint density at radius 3 is 1.96 bits per heavy atom. The summed E-state index contributed by atoms with van der Waals surface area (Å²) in [6.07, 6.45) is 6.91. The first-order valence-electron chi connectivity index (χ1n) is 9.06. The summed E-state index contributed by atoms with van der Waals surface area (Å²) in [5.41, 5.74) is 0. The van der Waals surface area contributed by atoms with E-state index in [4.69, 9.17) is 5.11 Å². The molecule has 5 N–H and O–H groups in total. The van der Waals surface area contributed by atoms with Crippen LogP contribution in [0.2, 0.25) is 0 Å². The molecule has 0 spiro atoms. The number of aliphatic hydroxyl groups excluding tert-OH is 5. The summed E-state index contributed by atoms with van der Waals surface area (Å²) < 4.78 is 0. The van der Waals surface area contributed by atoms with Crippen LogP contribution >= 0.6 is 0 Å². The number of allylic oxidation sites excluding steroid dienone is 2. The van der Waals surface area contributed by atoms with Crippen molar-refractivity contribution in [3.63, 3.8) is 0 Å². The lowest BCUT2D eigenvalue weighted by molar-refractivity contribution is -0.118. The molecule has 0 saturated carbocycles. The number of hydrogen-bond donors (Lipinski definition) is 5. The number of nitrogens with zero attached hydrogens (tertiary/aromatic N) is 1. The summed E-state index contributed by atoms with van der Waals surface area (Å²) in [4.78, 5) is 1.90. The zero-order chi connectivity index (χ0) is 18.4. The lowest BCUT2D eigenvalue weighted by atomic mass is 10.0. The first kappa shape index (κ1) is 23.5. The van der Waals surface area contributed by atoms with Crippen LogP contribution in [0.25, 0.3) is 0 Å². The van der Waals surface area contributed by atoms with Gasteiger partial charge in [-0.15, -0.1) is 0 Å². The van der Waals surface area contributed by atoms with Gasteiger partial charge in [0.2, 0.25) is 0 Å². The van der Waals surface area contributed by atoms with Crippen LogP contribution in [0.4, 0.5) is 0 Å². The van der Waals surface area contributed by atoms with Gasteiger partial charge < -0.3 is 30.4 Å². The summed E-state index contributed by atoms with van der Waals surface area (Å²) in [5.74, 6) is 0. The Hall–Kier alpha value is -0.500. The highest BCUT2D eigenvalue weighted by Crippen LogP contribution is 2.09. The van der Waals surface area contributed by atoms with Crippen LogP contribution in [0.1, 0.15) is 51.9 Å². The fourth-order valence-electron chi connectivity index (χ4n) is 2.60. The average Bonchev–Trinajstić information content (AvgIpc) is 2.58. The minimum absolute atomic E-state index is 0.208. The van der Waals surface area contributed by atoms with Crippen molar-refractivity contribution in [1.82, 2.24) is 4.90 Å². The lowest BCUT2D eigenvalue weighted by Gasteiger charge is -2.28. The van der Waals surface area contributed by atoms with Gasteiger partial charge in [-0.3, -0.25) is 0 Å². The zero-order valence-corrected chi connectivity index (χ0v) is 15.2. The zero-order valence-electron chi connectivity index (χ0n) is 15.2. The largest absolute Gasteiger partial charge is 0.394 e. The molecule has 0 aromatic rings. The lowest BCUT2D eigenvalue weighted by Crippen LogP contribution is -2.49. The van der Waals surface area contributed by atoms with Gasteiger partial charge in [-0.1, -0.05) is 37.8 Å². The summed E-state index contributed by atoms with van der Waals surface area (Å²) >= 11 is 0. The summed E-state index contributed by atoms with van der Waals surface area (Å²) in [5, 5.41) is 47.3. The van der Waals surface area contributed by atoms with Crippen LogP contribution in [0.5, 0.6) is 0 Å². The predicted molar refractivity (Wildman–Crippen MR) is 95.7 cm³/mol. The standard InChI is InChI=1S/C18H37NO5/c1-3-4-5-6-7-8-9-10-11-12-19(2)13-15(21)17(23)18(24)16(22)14-20/h3-4,15-18,20-24H,5-14H2,1-2H3/b4-3-. The van der Waals surface area contributed by atoms with E-state index >= 15 is 0 Å². The van der Waals surface area contributed by atoms with E-state index in [0.717, 1.165) is 25.8 Å². The third-order valence-electron chi connectivity index (χ3n) is 4.22. The van der Waals surface area contributed by atoms with Crippen LogP contribution in [0, 0.1) is 0 Å². The molecule has 4 atom stereocenters. The number of aliphatic hydroxyl groups is 5. The molecule has 24 heavy (non-hydrogen) atoms. The Kier molecular flexibility index (Phi) is 14.5. The van der Waals surface area contributed by atoms with E-state index in [1.807, 2.05) is 18.9 Å². The van der Waals surface area contributed by atoms with E-state index in [2.05, 4.69) is 12.2 Å². The van der Waals surface area contributed by atoms with Crippen LogP contribution in [-0.4, -0.2) is 81.6 Å². The highest BCUT2D eigenvalue weighted by molar-refractivity contribution is 4.82. The van der Waals surface area contributed by atoms with Crippen LogP contribution < -0.4 is 0 Å². The van der Waals surface area contributed by atoms with Crippen LogP contribution in [0.3, 0.4) is 0 Å². The number of hydrogen-bond acceptors (Lipinski definition) is 6. The summed E-state index contributed by atoms with van der Waals surface area (Å²) in [6, 6.07) is 0. The van der Waals surface area contributed by atoms with Crippen molar-refractivity contribution in [2.75, 3.05) is 26.7 Å². The van der Waals surface area contributed by atoms with E-state index in [9.17, 15) is 20.4 Å². The SMILES string of the molecule is C/C=C\CCCCCCCCN(C)CC(O)C(O)C(O)C(O)CO. The molecule has 4 unspecified atom stereocenters. The van der Waals surface area contributed by atoms with Crippen LogP contribution in [-0.2, 0) is 0 Å². The van der Waals surface area contributed by atoms with Gasteiger partial charge >= 0.3 is 0 Å². The van der Waals surface area contributed by atoms with Crippen molar-refractivity contribution >= 4 is 0 Å². The number of likely N-dealkylation sites (N-methyl/N-ethyl adjacent to an activating group) is 1. The molecule has 0 rings (SSSR count). The molecule has 6 nitrogen and oxygen atoms in total. The molecule has 0 aliphatic rings. The van der Waals surface area contributed by atoms with Crippen molar-refractivity contribution in [2.24, 2.45) is 0 Å². The van der Waals surface area contributed by atoms with Gasteiger partial charge in [-0.25, -0.2) is 0 Å². The van der Waals surface area contributed by atoms with Crippen molar-refractivity contribution in [3.05, 3.63) is 12.2 Å². The maximum absolute atomic E-state index is 9.90. The molecule has 6 heteroatoms. The molecule has 0 saturated heterocycles. The Morgan fingerprint density at radius 1 is 0.833 bits per heavy atom. The third kappa shape index (κ3) is 11.1. The van der Waals surface area contributed by atoms with E-state index in [1.54, 1.807) is 0 Å². The van der Waals surface area contributed by atoms with Gasteiger partial charge in [0.1, 0.15) is 18.3 Å². The third-order valence-corrected chi connectivity index (χ3v) is 4.22. The van der Waals surface area contributed by atoms with Gasteiger partial charge in [0.15, 0.2) is 0 Å². The molecule has 144 valence electrons. The van der Waals surface area contributed by atoms with Crippen LogP contribution in [0.15, 0.2) is 12.2 Å². The highest BCUT2D eigenvalue weighted by Gasteiger charge is 2.30. The minimum atomic E-state index is -1.55. The molecule has 0 aliphatic heterocycles. The molecule has 0 aromatic carbocycles. The van der Waals surface area contributed by atoms with E-state index in [-0.39, 0.29) is 6.54 Å². The van der Waals surface area contributed by atoms with E-state index in [1.165, 1.54) is 25.7 Å². The van der Waals surface area contributed by atoms with E-state index in [0.29, 0.717) is 0 Å². The predicted octanol–water partition coefficient (Wildman–Crippen LogP) is 0.661. The summed E-state index contributed by atoms with van der Waals surface area (Å²) in [6.45, 7) is 2.40. The molecule has 0 aromatic heterocycles. The summed E-state index contributed by atoms with van der Waals surface area (Å²) in [7, 11) is 1.85. The topological polar surface area (TPSA) is 104 Å². The number of unbranched alkanes of at least 4 members (excludes halogenated alkanes) is 6. The van der Waals surface area contributed by atoms with Gasteiger partial charge in [-0.2, -0.15) is 0 Å². The van der Waals surface area contributed by atoms with Crippen molar-refractivity contribution in [2.45, 2.75) is 76.3 Å². The average molecular weight is 347 g/mol. The Morgan fingerprint density at radius 2 is 1.38 bits per heavy atom. The van der Waals surface area contributed by atoms with Crippen molar-refractivity contribution < 1.29 is 25.5 Å². The van der Waals surface area contributed by atoms with E-state index < -0.39 is 31.0 Å². The molecule has 0 radical (unpaired) electrons. The quantitative estimate of drug-likeness (QED) is 0.220. The molecular weight excluding hydrogens is 310 g/mol. The number of rotatable bonds is 15.